The lowest BCUT2D eigenvalue weighted by Crippen LogP contribution is -2.30. The molecule has 2 rings (SSSR count). The number of aryl methyl sites for hydroxylation is 1. The molecule has 0 bridgehead atoms. The standard InChI is InChI=1S/C10H11F3O2/c1-5-2-7-8(14)3-6(10(11,12)13)4-9(7)15-5/h2,6,8,14H,3-4H2,1H3/t6-,8+/m1/s1. The number of furan rings is 1. The van der Waals surface area contributed by atoms with E-state index in [1.54, 1.807) is 13.0 Å². The molecule has 2 atom stereocenters. The van der Waals surface area contributed by atoms with Crippen molar-refractivity contribution in [2.24, 2.45) is 5.92 Å². The molecule has 0 saturated carbocycles. The zero-order valence-corrected chi connectivity index (χ0v) is 8.14. The van der Waals surface area contributed by atoms with Crippen molar-refractivity contribution < 1.29 is 22.7 Å². The first-order chi connectivity index (χ1) is 6.88. The quantitative estimate of drug-likeness (QED) is 0.729. The van der Waals surface area contributed by atoms with E-state index in [2.05, 4.69) is 0 Å². The fraction of sp³-hybridized carbons (Fsp3) is 0.600. The molecule has 0 fully saturated rings. The highest BCUT2D eigenvalue weighted by Gasteiger charge is 2.44. The van der Waals surface area contributed by atoms with Gasteiger partial charge in [0.1, 0.15) is 11.5 Å². The minimum atomic E-state index is -4.26. The molecule has 5 heteroatoms. The Morgan fingerprint density at radius 3 is 2.73 bits per heavy atom. The SMILES string of the molecule is Cc1cc2c(o1)C[C@H](C(F)(F)F)C[C@@H]2O. The topological polar surface area (TPSA) is 33.4 Å². The van der Waals surface area contributed by atoms with E-state index in [4.69, 9.17) is 4.42 Å². The van der Waals surface area contributed by atoms with E-state index in [9.17, 15) is 18.3 Å². The van der Waals surface area contributed by atoms with Crippen LogP contribution in [0.4, 0.5) is 13.2 Å². The molecule has 0 unspecified atom stereocenters. The Labute approximate surface area is 84.7 Å². The number of aliphatic hydroxyl groups excluding tert-OH is 1. The molecule has 1 aromatic rings. The second kappa shape index (κ2) is 3.27. The molecule has 0 aliphatic heterocycles. The van der Waals surface area contributed by atoms with Crippen molar-refractivity contribution in [3.05, 3.63) is 23.2 Å². The van der Waals surface area contributed by atoms with Gasteiger partial charge in [0.15, 0.2) is 0 Å². The molecular weight excluding hydrogens is 209 g/mol. The lowest BCUT2D eigenvalue weighted by molar-refractivity contribution is -0.185. The summed E-state index contributed by atoms with van der Waals surface area (Å²) in [4.78, 5) is 0. The summed E-state index contributed by atoms with van der Waals surface area (Å²) < 4.78 is 42.5. The summed E-state index contributed by atoms with van der Waals surface area (Å²) in [7, 11) is 0. The molecule has 0 amide bonds. The molecule has 0 saturated heterocycles. The maximum Gasteiger partial charge on any atom is 0.392 e. The smallest absolute Gasteiger partial charge is 0.392 e. The van der Waals surface area contributed by atoms with Gasteiger partial charge in [-0.05, 0) is 19.4 Å². The van der Waals surface area contributed by atoms with Crippen molar-refractivity contribution >= 4 is 0 Å². The fourth-order valence-electron chi connectivity index (χ4n) is 1.98. The minimum absolute atomic E-state index is 0.163. The van der Waals surface area contributed by atoms with Crippen LogP contribution >= 0.6 is 0 Å². The van der Waals surface area contributed by atoms with Crippen LogP contribution in [0.15, 0.2) is 10.5 Å². The Hall–Kier alpha value is -0.970. The van der Waals surface area contributed by atoms with Gasteiger partial charge in [-0.1, -0.05) is 0 Å². The normalized spacial score (nSPS) is 26.5. The Morgan fingerprint density at radius 2 is 2.13 bits per heavy atom. The largest absolute Gasteiger partial charge is 0.466 e. The van der Waals surface area contributed by atoms with Crippen molar-refractivity contribution in [1.82, 2.24) is 0 Å². The Morgan fingerprint density at radius 1 is 1.47 bits per heavy atom. The molecule has 84 valence electrons. The molecule has 15 heavy (non-hydrogen) atoms. The predicted octanol–water partition coefficient (Wildman–Crippen LogP) is 2.75. The lowest BCUT2D eigenvalue weighted by atomic mass is 9.86. The third kappa shape index (κ3) is 1.88. The van der Waals surface area contributed by atoms with Crippen LogP contribution < -0.4 is 0 Å². The molecule has 1 aliphatic rings. The van der Waals surface area contributed by atoms with Crippen LogP contribution in [0, 0.1) is 12.8 Å². The fourth-order valence-corrected chi connectivity index (χ4v) is 1.98. The average Bonchev–Trinajstić information content (AvgIpc) is 2.44. The van der Waals surface area contributed by atoms with Crippen molar-refractivity contribution in [3.8, 4) is 0 Å². The highest BCUT2D eigenvalue weighted by atomic mass is 19.4. The first kappa shape index (κ1) is 10.5. The van der Waals surface area contributed by atoms with Crippen molar-refractivity contribution in [1.29, 1.82) is 0 Å². The van der Waals surface area contributed by atoms with Gasteiger partial charge in [-0.3, -0.25) is 0 Å². The molecule has 1 aromatic heterocycles. The molecule has 0 spiro atoms. The third-order valence-electron chi connectivity index (χ3n) is 2.73. The van der Waals surface area contributed by atoms with Crippen LogP contribution in [0.5, 0.6) is 0 Å². The van der Waals surface area contributed by atoms with Crippen LogP contribution in [0.1, 0.15) is 29.6 Å². The first-order valence-electron chi connectivity index (χ1n) is 4.72. The van der Waals surface area contributed by atoms with Gasteiger partial charge in [0, 0.05) is 12.0 Å². The zero-order chi connectivity index (χ0) is 11.2. The lowest BCUT2D eigenvalue weighted by Gasteiger charge is -2.26. The van der Waals surface area contributed by atoms with Gasteiger partial charge in [-0.2, -0.15) is 13.2 Å². The minimum Gasteiger partial charge on any atom is -0.466 e. The van der Waals surface area contributed by atoms with Gasteiger partial charge in [-0.25, -0.2) is 0 Å². The van der Waals surface area contributed by atoms with Crippen LogP contribution in [-0.4, -0.2) is 11.3 Å². The van der Waals surface area contributed by atoms with E-state index < -0.39 is 18.2 Å². The van der Waals surface area contributed by atoms with E-state index in [1.165, 1.54) is 0 Å². The second-order valence-corrected chi connectivity index (χ2v) is 3.93. The Kier molecular flexibility index (Phi) is 2.30. The Balaban J connectivity index is 2.30. The summed E-state index contributed by atoms with van der Waals surface area (Å²) in [6.07, 6.45) is -5.75. The molecule has 0 aromatic carbocycles. The molecule has 2 nitrogen and oxygen atoms in total. The van der Waals surface area contributed by atoms with Gasteiger partial charge >= 0.3 is 6.18 Å². The number of alkyl halides is 3. The third-order valence-corrected chi connectivity index (χ3v) is 2.73. The average molecular weight is 220 g/mol. The van der Waals surface area contributed by atoms with Crippen molar-refractivity contribution in [3.63, 3.8) is 0 Å². The van der Waals surface area contributed by atoms with Gasteiger partial charge in [0.05, 0.1) is 12.0 Å². The van der Waals surface area contributed by atoms with Crippen molar-refractivity contribution in [2.75, 3.05) is 0 Å². The summed E-state index contributed by atoms with van der Waals surface area (Å²) in [5, 5.41) is 9.55. The van der Waals surface area contributed by atoms with E-state index in [-0.39, 0.29) is 18.6 Å². The van der Waals surface area contributed by atoms with Crippen LogP contribution in [-0.2, 0) is 6.42 Å². The maximum atomic E-state index is 12.5. The number of hydrogen-bond donors (Lipinski definition) is 1. The molecule has 1 N–H and O–H groups in total. The number of aliphatic hydroxyl groups is 1. The van der Waals surface area contributed by atoms with Crippen molar-refractivity contribution in [2.45, 2.75) is 32.0 Å². The summed E-state index contributed by atoms with van der Waals surface area (Å²) in [5.74, 6) is -0.680. The number of halogens is 3. The van der Waals surface area contributed by atoms with Gasteiger partial charge in [0.2, 0.25) is 0 Å². The molecule has 0 radical (unpaired) electrons. The highest BCUT2D eigenvalue weighted by Crippen LogP contribution is 2.42. The Bertz CT molecular complexity index is 367. The molecule has 1 aliphatic carbocycles. The van der Waals surface area contributed by atoms with Crippen LogP contribution in [0.2, 0.25) is 0 Å². The van der Waals surface area contributed by atoms with E-state index in [0.29, 0.717) is 11.3 Å². The van der Waals surface area contributed by atoms with E-state index in [0.717, 1.165) is 0 Å². The first-order valence-corrected chi connectivity index (χ1v) is 4.72. The highest BCUT2D eigenvalue weighted by molar-refractivity contribution is 5.26. The predicted molar refractivity (Wildman–Crippen MR) is 46.3 cm³/mol. The molecule has 1 heterocycles. The van der Waals surface area contributed by atoms with E-state index >= 15 is 0 Å². The number of rotatable bonds is 0. The number of fused-ring (bicyclic) bond motifs is 1. The second-order valence-electron chi connectivity index (χ2n) is 3.93. The zero-order valence-electron chi connectivity index (χ0n) is 8.14. The van der Waals surface area contributed by atoms with Gasteiger partial charge in [-0.15, -0.1) is 0 Å². The monoisotopic (exact) mass is 220 g/mol. The van der Waals surface area contributed by atoms with Gasteiger partial charge in [0.25, 0.3) is 0 Å². The summed E-state index contributed by atoms with van der Waals surface area (Å²) in [5.41, 5.74) is 0.507. The van der Waals surface area contributed by atoms with Crippen LogP contribution in [0.25, 0.3) is 0 Å². The van der Waals surface area contributed by atoms with Gasteiger partial charge < -0.3 is 9.52 Å². The summed E-state index contributed by atoms with van der Waals surface area (Å²) >= 11 is 0. The van der Waals surface area contributed by atoms with Crippen LogP contribution in [0.3, 0.4) is 0 Å². The van der Waals surface area contributed by atoms with E-state index in [1.807, 2.05) is 0 Å². The summed E-state index contributed by atoms with van der Waals surface area (Å²) in [6.45, 7) is 1.66. The number of hydrogen-bond acceptors (Lipinski definition) is 2. The maximum absolute atomic E-state index is 12.5. The molecular formula is C10H11F3O2. The summed E-state index contributed by atoms with van der Waals surface area (Å²) in [6, 6.07) is 1.60.